The summed E-state index contributed by atoms with van der Waals surface area (Å²) in [6.07, 6.45) is 0. The van der Waals surface area contributed by atoms with Gasteiger partial charge in [-0.2, -0.15) is 4.98 Å². The Bertz CT molecular complexity index is 1200. The van der Waals surface area contributed by atoms with E-state index in [0.717, 1.165) is 10.9 Å². The molecule has 0 saturated heterocycles. The zero-order chi connectivity index (χ0) is 19.0. The molecule has 0 bridgehead atoms. The summed E-state index contributed by atoms with van der Waals surface area (Å²) in [6, 6.07) is 11.4. The lowest BCUT2D eigenvalue weighted by molar-refractivity contribution is 0.243. The van der Waals surface area contributed by atoms with Gasteiger partial charge in [0.25, 0.3) is 5.89 Å². The van der Waals surface area contributed by atoms with Crippen molar-refractivity contribution in [2.45, 2.75) is 20.5 Å². The summed E-state index contributed by atoms with van der Waals surface area (Å²) >= 11 is 0. The third-order valence-corrected chi connectivity index (χ3v) is 4.18. The Balaban J connectivity index is 1.52. The van der Waals surface area contributed by atoms with Crippen molar-refractivity contribution in [1.82, 2.24) is 10.1 Å². The minimum atomic E-state index is -0.413. The number of hydrogen-bond acceptors (Lipinski definition) is 6. The first kappa shape index (κ1) is 17.0. The van der Waals surface area contributed by atoms with Crippen LogP contribution in [0.5, 0.6) is 5.75 Å². The van der Waals surface area contributed by atoms with Crippen LogP contribution in [0, 0.1) is 19.7 Å². The number of rotatable bonds is 4. The van der Waals surface area contributed by atoms with Crippen LogP contribution in [0.15, 0.2) is 56.2 Å². The molecular formula is C20H15FN2O4. The van der Waals surface area contributed by atoms with Crippen LogP contribution < -0.4 is 10.4 Å². The van der Waals surface area contributed by atoms with E-state index >= 15 is 0 Å². The molecule has 0 N–H and O–H groups in total. The highest BCUT2D eigenvalue weighted by molar-refractivity contribution is 5.81. The maximum absolute atomic E-state index is 13.7. The van der Waals surface area contributed by atoms with Crippen molar-refractivity contribution in [2.24, 2.45) is 0 Å². The lowest BCUT2D eigenvalue weighted by Crippen LogP contribution is -1.99. The average molecular weight is 366 g/mol. The van der Waals surface area contributed by atoms with Crippen LogP contribution in [-0.2, 0) is 6.61 Å². The minimum Gasteiger partial charge on any atom is -0.484 e. The fraction of sp³-hybridized carbons (Fsp3) is 0.150. The molecule has 0 unspecified atom stereocenters. The summed E-state index contributed by atoms with van der Waals surface area (Å²) in [5.41, 5.74) is 1.93. The highest BCUT2D eigenvalue weighted by Crippen LogP contribution is 2.23. The van der Waals surface area contributed by atoms with Gasteiger partial charge in [0.1, 0.15) is 17.1 Å². The Morgan fingerprint density at radius 3 is 2.74 bits per heavy atom. The number of nitrogens with zero attached hydrogens (tertiary/aromatic N) is 2. The molecule has 0 saturated carbocycles. The quantitative estimate of drug-likeness (QED) is 0.504. The lowest BCUT2D eigenvalue weighted by atomic mass is 10.1. The number of halogens is 1. The van der Waals surface area contributed by atoms with Crippen LogP contribution in [0.4, 0.5) is 4.39 Å². The highest BCUT2D eigenvalue weighted by atomic mass is 19.1. The van der Waals surface area contributed by atoms with Crippen LogP contribution >= 0.6 is 0 Å². The van der Waals surface area contributed by atoms with Crippen LogP contribution in [0.2, 0.25) is 0 Å². The Hall–Kier alpha value is -3.48. The van der Waals surface area contributed by atoms with E-state index < -0.39 is 5.63 Å². The van der Waals surface area contributed by atoms with Crippen LogP contribution in [0.1, 0.15) is 17.0 Å². The third-order valence-electron chi connectivity index (χ3n) is 4.18. The molecule has 7 heteroatoms. The fourth-order valence-electron chi connectivity index (χ4n) is 2.70. The summed E-state index contributed by atoms with van der Waals surface area (Å²) in [6.45, 7) is 3.55. The fourth-order valence-corrected chi connectivity index (χ4v) is 2.70. The first-order valence-electron chi connectivity index (χ1n) is 8.26. The normalized spacial score (nSPS) is 11.1. The van der Waals surface area contributed by atoms with Gasteiger partial charge in [-0.3, -0.25) is 0 Å². The van der Waals surface area contributed by atoms with E-state index in [0.29, 0.717) is 22.5 Å². The highest BCUT2D eigenvalue weighted by Gasteiger charge is 2.11. The zero-order valence-electron chi connectivity index (χ0n) is 14.7. The molecule has 4 aromatic rings. The molecule has 0 atom stereocenters. The molecule has 6 nitrogen and oxygen atoms in total. The molecule has 2 heterocycles. The molecule has 0 aliphatic heterocycles. The smallest absolute Gasteiger partial charge is 0.336 e. The summed E-state index contributed by atoms with van der Waals surface area (Å²) in [7, 11) is 0. The zero-order valence-corrected chi connectivity index (χ0v) is 14.7. The number of benzene rings is 2. The van der Waals surface area contributed by atoms with E-state index in [2.05, 4.69) is 10.1 Å². The van der Waals surface area contributed by atoms with Gasteiger partial charge in [0, 0.05) is 23.1 Å². The molecule has 27 heavy (non-hydrogen) atoms. The SMILES string of the molecule is Cc1ccc(-c2noc(COc3ccc4c(C)cc(=O)oc4c3)n2)cc1F. The second-order valence-corrected chi connectivity index (χ2v) is 6.17. The van der Waals surface area contributed by atoms with Crippen LogP contribution in [-0.4, -0.2) is 10.1 Å². The summed E-state index contributed by atoms with van der Waals surface area (Å²) in [5.74, 6) is 0.699. The predicted molar refractivity (Wildman–Crippen MR) is 96.0 cm³/mol. The van der Waals surface area contributed by atoms with E-state index in [1.54, 1.807) is 31.2 Å². The average Bonchev–Trinajstić information content (AvgIpc) is 3.11. The Kier molecular flexibility index (Phi) is 4.19. The minimum absolute atomic E-state index is 0.0307. The predicted octanol–water partition coefficient (Wildman–Crippen LogP) is 4.18. The molecule has 0 fully saturated rings. The van der Waals surface area contributed by atoms with Crippen molar-refractivity contribution in [3.63, 3.8) is 0 Å². The standard InChI is InChI=1S/C20H15FN2O4/c1-11-3-4-13(8-16(11)21)20-22-18(27-23-20)10-25-14-5-6-15-12(2)7-19(24)26-17(15)9-14/h3-9H,10H2,1-2H3. The molecule has 0 aliphatic rings. The number of ether oxygens (including phenoxy) is 1. The summed E-state index contributed by atoms with van der Waals surface area (Å²) < 4.78 is 29.7. The van der Waals surface area contributed by atoms with E-state index in [9.17, 15) is 9.18 Å². The van der Waals surface area contributed by atoms with Gasteiger partial charge in [0.15, 0.2) is 6.61 Å². The number of aryl methyl sites for hydroxylation is 2. The number of aromatic nitrogens is 2. The van der Waals surface area contributed by atoms with Crippen molar-refractivity contribution in [1.29, 1.82) is 0 Å². The second kappa shape index (κ2) is 6.68. The Morgan fingerprint density at radius 2 is 1.93 bits per heavy atom. The molecule has 0 aliphatic carbocycles. The second-order valence-electron chi connectivity index (χ2n) is 6.17. The van der Waals surface area contributed by atoms with E-state index in [-0.39, 0.29) is 24.1 Å². The van der Waals surface area contributed by atoms with E-state index in [4.69, 9.17) is 13.7 Å². The maximum Gasteiger partial charge on any atom is 0.336 e. The molecule has 136 valence electrons. The lowest BCUT2D eigenvalue weighted by Gasteiger charge is -2.05. The van der Waals surface area contributed by atoms with E-state index in [1.165, 1.54) is 12.1 Å². The third kappa shape index (κ3) is 3.44. The topological polar surface area (TPSA) is 78.4 Å². The first-order chi connectivity index (χ1) is 13.0. The summed E-state index contributed by atoms with van der Waals surface area (Å²) in [5, 5.41) is 4.69. The number of hydrogen-bond donors (Lipinski definition) is 0. The van der Waals surface area contributed by atoms with E-state index in [1.807, 2.05) is 13.0 Å². The molecule has 0 radical (unpaired) electrons. The van der Waals surface area contributed by atoms with Gasteiger partial charge < -0.3 is 13.7 Å². The van der Waals surface area contributed by atoms with Gasteiger partial charge in [-0.1, -0.05) is 17.3 Å². The molecule has 4 rings (SSSR count). The van der Waals surface area contributed by atoms with Crippen LogP contribution in [0.3, 0.4) is 0 Å². The van der Waals surface area contributed by atoms with Crippen molar-refractivity contribution in [3.8, 4) is 17.1 Å². The van der Waals surface area contributed by atoms with Gasteiger partial charge in [-0.05, 0) is 43.2 Å². The maximum atomic E-state index is 13.7. The molecule has 2 aromatic heterocycles. The van der Waals surface area contributed by atoms with Crippen molar-refractivity contribution in [2.75, 3.05) is 0 Å². The molecular weight excluding hydrogens is 351 g/mol. The van der Waals surface area contributed by atoms with Gasteiger partial charge in [0.2, 0.25) is 5.82 Å². The van der Waals surface area contributed by atoms with Crippen molar-refractivity contribution >= 4 is 11.0 Å². The number of fused-ring (bicyclic) bond motifs is 1. The largest absolute Gasteiger partial charge is 0.484 e. The molecule has 0 amide bonds. The molecule has 0 spiro atoms. The summed E-state index contributed by atoms with van der Waals surface area (Å²) in [4.78, 5) is 15.7. The monoisotopic (exact) mass is 366 g/mol. The first-order valence-corrected chi connectivity index (χ1v) is 8.26. The van der Waals surface area contributed by atoms with Gasteiger partial charge in [-0.25, -0.2) is 9.18 Å². The Labute approximate surface area is 153 Å². The van der Waals surface area contributed by atoms with Gasteiger partial charge in [0.05, 0.1) is 0 Å². The molecule has 2 aromatic carbocycles. The van der Waals surface area contributed by atoms with Crippen molar-refractivity contribution in [3.05, 3.63) is 75.7 Å². The Morgan fingerprint density at radius 1 is 1.07 bits per heavy atom. The van der Waals surface area contributed by atoms with Gasteiger partial charge >= 0.3 is 5.63 Å². The van der Waals surface area contributed by atoms with Crippen molar-refractivity contribution < 1.29 is 18.1 Å². The van der Waals surface area contributed by atoms with Gasteiger partial charge in [-0.15, -0.1) is 0 Å². The van der Waals surface area contributed by atoms with Crippen LogP contribution in [0.25, 0.3) is 22.4 Å².